The van der Waals surface area contributed by atoms with E-state index in [4.69, 9.17) is 4.52 Å². The van der Waals surface area contributed by atoms with Crippen molar-refractivity contribution in [1.29, 1.82) is 0 Å². The molecule has 0 fully saturated rings. The summed E-state index contributed by atoms with van der Waals surface area (Å²) in [6, 6.07) is 0. The van der Waals surface area contributed by atoms with Gasteiger partial charge in [-0.2, -0.15) is 5.10 Å². The summed E-state index contributed by atoms with van der Waals surface area (Å²) in [4.78, 5) is 0. The number of hydrogen-bond donors (Lipinski definition) is 1. The van der Waals surface area contributed by atoms with Gasteiger partial charge >= 0.3 is 0 Å². The second-order valence-electron chi connectivity index (χ2n) is 8.01. The predicted octanol–water partition coefficient (Wildman–Crippen LogP) is 4.91. The molecule has 0 spiro atoms. The lowest BCUT2D eigenvalue weighted by Gasteiger charge is -2.18. The molecule has 2 heterocycles. The van der Waals surface area contributed by atoms with Crippen molar-refractivity contribution in [1.82, 2.24) is 15.4 Å². The average Bonchev–Trinajstić information content (AvgIpc) is 2.81. The van der Waals surface area contributed by atoms with Crippen LogP contribution in [0.2, 0.25) is 0 Å². The first-order valence-electron chi connectivity index (χ1n) is 7.81. The average molecular weight is 305 g/mol. The Balaban J connectivity index is 0.000000220. The Hall–Kier alpha value is -1.58. The van der Waals surface area contributed by atoms with E-state index in [0.717, 1.165) is 17.1 Å². The number of hydrogen-bond acceptors (Lipinski definition) is 3. The van der Waals surface area contributed by atoms with Gasteiger partial charge in [-0.05, 0) is 38.5 Å². The molecule has 4 nitrogen and oxygen atoms in total. The quantitative estimate of drug-likeness (QED) is 0.752. The van der Waals surface area contributed by atoms with E-state index in [-0.39, 0.29) is 10.8 Å². The second-order valence-corrected chi connectivity index (χ2v) is 8.01. The molecule has 0 aliphatic rings. The minimum Gasteiger partial charge on any atom is -0.361 e. The van der Waals surface area contributed by atoms with E-state index in [9.17, 15) is 0 Å². The first kappa shape index (κ1) is 18.5. The zero-order valence-electron chi connectivity index (χ0n) is 15.8. The Morgan fingerprint density at radius 2 is 1.27 bits per heavy atom. The Morgan fingerprint density at radius 1 is 0.773 bits per heavy atom. The summed E-state index contributed by atoms with van der Waals surface area (Å²) >= 11 is 0. The lowest BCUT2D eigenvalue weighted by atomic mass is 9.85. The maximum absolute atomic E-state index is 5.07. The van der Waals surface area contributed by atoms with Crippen LogP contribution in [0.3, 0.4) is 0 Å². The fourth-order valence-corrected chi connectivity index (χ4v) is 3.21. The summed E-state index contributed by atoms with van der Waals surface area (Å²) in [6.07, 6.45) is 0. The minimum atomic E-state index is 0.147. The zero-order valence-corrected chi connectivity index (χ0v) is 15.8. The minimum absolute atomic E-state index is 0.147. The molecule has 0 aliphatic heterocycles. The van der Waals surface area contributed by atoms with Crippen molar-refractivity contribution in [2.45, 2.75) is 80.1 Å². The highest BCUT2D eigenvalue weighted by atomic mass is 16.5. The van der Waals surface area contributed by atoms with Crippen LogP contribution in [-0.2, 0) is 10.8 Å². The Bertz CT molecular complexity index is 527. The van der Waals surface area contributed by atoms with Crippen molar-refractivity contribution in [3.05, 3.63) is 34.0 Å². The molecule has 0 saturated carbocycles. The summed E-state index contributed by atoms with van der Waals surface area (Å²) in [5, 5.41) is 11.1. The van der Waals surface area contributed by atoms with Crippen molar-refractivity contribution < 1.29 is 4.52 Å². The van der Waals surface area contributed by atoms with Crippen molar-refractivity contribution >= 4 is 0 Å². The molecule has 4 heteroatoms. The molecule has 1 N–H and O–H groups in total. The van der Waals surface area contributed by atoms with Crippen LogP contribution in [0.15, 0.2) is 4.52 Å². The van der Waals surface area contributed by atoms with Gasteiger partial charge < -0.3 is 4.52 Å². The van der Waals surface area contributed by atoms with Crippen LogP contribution >= 0.6 is 0 Å². The second kappa shape index (κ2) is 6.27. The van der Waals surface area contributed by atoms with Crippen LogP contribution < -0.4 is 0 Å². The predicted molar refractivity (Wildman–Crippen MR) is 91.4 cm³/mol. The molecule has 124 valence electrons. The molecule has 0 unspecified atom stereocenters. The number of aromatic amines is 1. The molecule has 0 aromatic carbocycles. The number of rotatable bonds is 0. The molecule has 0 atom stereocenters. The number of aryl methyl sites for hydroxylation is 4. The molecule has 0 aliphatic carbocycles. The molecule has 0 saturated heterocycles. The van der Waals surface area contributed by atoms with Gasteiger partial charge in [0.2, 0.25) is 0 Å². The summed E-state index contributed by atoms with van der Waals surface area (Å²) < 4.78 is 5.07. The van der Waals surface area contributed by atoms with Gasteiger partial charge in [0.15, 0.2) is 0 Å². The van der Waals surface area contributed by atoms with Gasteiger partial charge in [-0.1, -0.05) is 46.7 Å². The highest BCUT2D eigenvalue weighted by Gasteiger charge is 2.22. The van der Waals surface area contributed by atoms with Gasteiger partial charge in [-0.25, -0.2) is 0 Å². The maximum atomic E-state index is 5.07. The fourth-order valence-electron chi connectivity index (χ4n) is 3.21. The van der Waals surface area contributed by atoms with E-state index < -0.39 is 0 Å². The number of nitrogens with zero attached hydrogens (tertiary/aromatic N) is 2. The summed E-state index contributed by atoms with van der Waals surface area (Å²) in [5.41, 5.74) is 6.25. The fraction of sp³-hybridized carbons (Fsp3) is 0.667. The molecule has 0 radical (unpaired) electrons. The summed E-state index contributed by atoms with van der Waals surface area (Å²) in [6.45, 7) is 21.2. The van der Waals surface area contributed by atoms with Gasteiger partial charge in [-0.3, -0.25) is 5.10 Å². The SMILES string of the molecule is Cc1n[nH]c(C)c1C(C)(C)C.Cc1noc(C)c1C(C)(C)C. The van der Waals surface area contributed by atoms with Crippen molar-refractivity contribution in [2.75, 3.05) is 0 Å². The number of aromatic nitrogens is 3. The third-order valence-corrected chi connectivity index (χ3v) is 3.66. The van der Waals surface area contributed by atoms with E-state index >= 15 is 0 Å². The molecule has 2 aromatic rings. The largest absolute Gasteiger partial charge is 0.361 e. The first-order chi connectivity index (χ1) is 9.85. The van der Waals surface area contributed by atoms with E-state index in [2.05, 4.69) is 63.8 Å². The molecular formula is C18H31N3O. The molecule has 22 heavy (non-hydrogen) atoms. The van der Waals surface area contributed by atoms with Crippen molar-refractivity contribution in [3.8, 4) is 0 Å². The smallest absolute Gasteiger partial charge is 0.137 e. The van der Waals surface area contributed by atoms with Crippen molar-refractivity contribution in [2.24, 2.45) is 0 Å². The van der Waals surface area contributed by atoms with Crippen molar-refractivity contribution in [3.63, 3.8) is 0 Å². The van der Waals surface area contributed by atoms with Crippen LogP contribution in [0, 0.1) is 27.7 Å². The number of nitrogens with one attached hydrogen (secondary N) is 1. The highest BCUT2D eigenvalue weighted by Crippen LogP contribution is 2.28. The van der Waals surface area contributed by atoms with E-state index in [1.165, 1.54) is 16.8 Å². The van der Waals surface area contributed by atoms with E-state index in [0.29, 0.717) is 0 Å². The Kier molecular flexibility index (Phi) is 5.26. The lowest BCUT2D eigenvalue weighted by molar-refractivity contribution is 0.389. The summed E-state index contributed by atoms with van der Waals surface area (Å²) in [7, 11) is 0. The van der Waals surface area contributed by atoms with Crippen LogP contribution in [0.4, 0.5) is 0 Å². The molecular weight excluding hydrogens is 274 g/mol. The molecule has 2 aromatic heterocycles. The van der Waals surface area contributed by atoms with Gasteiger partial charge in [0.25, 0.3) is 0 Å². The third kappa shape index (κ3) is 4.21. The monoisotopic (exact) mass is 305 g/mol. The van der Waals surface area contributed by atoms with Gasteiger partial charge in [0.05, 0.1) is 11.4 Å². The lowest BCUT2D eigenvalue weighted by Crippen LogP contribution is -2.13. The Labute approximate surface area is 134 Å². The van der Waals surface area contributed by atoms with Gasteiger partial charge in [0, 0.05) is 16.8 Å². The molecule has 0 bridgehead atoms. The van der Waals surface area contributed by atoms with Crippen LogP contribution in [0.25, 0.3) is 0 Å². The molecule has 2 rings (SSSR count). The Morgan fingerprint density at radius 3 is 1.45 bits per heavy atom. The highest BCUT2D eigenvalue weighted by molar-refractivity contribution is 5.30. The topological polar surface area (TPSA) is 54.7 Å². The van der Waals surface area contributed by atoms with Crippen LogP contribution in [0.1, 0.15) is 75.5 Å². The standard InChI is InChI=1S/C9H16N2.C9H15NO/c2*1-6-8(9(3,4)5)7(2)11-10-6/h1-5H3,(H,10,11);1-5H3. The zero-order chi connectivity index (χ0) is 17.3. The summed E-state index contributed by atoms with van der Waals surface area (Å²) in [5.74, 6) is 0.940. The maximum Gasteiger partial charge on any atom is 0.137 e. The normalized spacial score (nSPS) is 12.1. The molecule has 0 amide bonds. The van der Waals surface area contributed by atoms with Crippen LogP contribution in [0.5, 0.6) is 0 Å². The van der Waals surface area contributed by atoms with E-state index in [1.54, 1.807) is 0 Å². The van der Waals surface area contributed by atoms with E-state index in [1.807, 2.05) is 20.8 Å². The number of H-pyrrole nitrogens is 1. The van der Waals surface area contributed by atoms with Gasteiger partial charge in [-0.15, -0.1) is 0 Å². The first-order valence-corrected chi connectivity index (χ1v) is 7.81. The third-order valence-electron chi connectivity index (χ3n) is 3.66. The van der Waals surface area contributed by atoms with Crippen LogP contribution in [-0.4, -0.2) is 15.4 Å². The van der Waals surface area contributed by atoms with Gasteiger partial charge in [0.1, 0.15) is 5.76 Å².